The maximum Gasteiger partial charge on any atom is 0.242 e. The van der Waals surface area contributed by atoms with E-state index in [-0.39, 0.29) is 30.8 Å². The van der Waals surface area contributed by atoms with Crippen molar-refractivity contribution in [2.75, 3.05) is 17.1 Å². The van der Waals surface area contributed by atoms with Gasteiger partial charge in [0.25, 0.3) is 0 Å². The molecule has 0 saturated heterocycles. The van der Waals surface area contributed by atoms with Crippen LogP contribution in [0.1, 0.15) is 55.9 Å². The third-order valence-corrected chi connectivity index (χ3v) is 7.04. The van der Waals surface area contributed by atoms with Crippen LogP contribution in [0.15, 0.2) is 42.5 Å². The normalized spacial score (nSPS) is 12.3. The van der Waals surface area contributed by atoms with E-state index in [1.807, 2.05) is 77.1 Å². The van der Waals surface area contributed by atoms with Crippen molar-refractivity contribution in [3.8, 4) is 0 Å². The van der Waals surface area contributed by atoms with Crippen LogP contribution in [-0.2, 0) is 26.2 Å². The second-order valence-corrected chi connectivity index (χ2v) is 11.5. The number of nitrogens with one attached hydrogen (secondary N) is 1. The summed E-state index contributed by atoms with van der Waals surface area (Å²) in [5.74, 6) is -0.403. The molecule has 0 saturated carbocycles. The Morgan fingerprint density at radius 3 is 2.11 bits per heavy atom. The molecule has 2 amide bonds. The molecule has 1 unspecified atom stereocenters. The lowest BCUT2D eigenvalue weighted by molar-refractivity contribution is -0.140. The molecule has 0 aliphatic rings. The maximum atomic E-state index is 13.3. The molecule has 0 aliphatic carbocycles. The number of carbonyl (C=O) groups excluding carboxylic acids is 2. The summed E-state index contributed by atoms with van der Waals surface area (Å²) >= 11 is 0. The van der Waals surface area contributed by atoms with Crippen LogP contribution in [0.4, 0.5) is 5.69 Å². The monoisotopic (exact) mass is 501 g/mol. The molecule has 1 N–H and O–H groups in total. The van der Waals surface area contributed by atoms with E-state index in [0.29, 0.717) is 18.7 Å². The standard InChI is InChI=1S/C27H39N3O4S/c1-19(2)28-27(32)23(6)29(18-24-14-11-20(3)12-15-24)26(31)9-8-16-30(35(7,33)34)25-17-21(4)10-13-22(25)5/h10-15,17,19,23H,8-9,16,18H2,1-7H3,(H,28,32). The van der Waals surface area contributed by atoms with Crippen molar-refractivity contribution in [2.45, 2.75) is 73.0 Å². The lowest BCUT2D eigenvalue weighted by Crippen LogP contribution is -2.49. The van der Waals surface area contributed by atoms with Gasteiger partial charge in [-0.2, -0.15) is 0 Å². The Balaban J connectivity index is 2.20. The molecule has 0 radical (unpaired) electrons. The number of rotatable bonds is 11. The zero-order valence-electron chi connectivity index (χ0n) is 22.0. The molecule has 0 heterocycles. The molecule has 0 spiro atoms. The number of hydrogen-bond donors (Lipinski definition) is 1. The smallest absolute Gasteiger partial charge is 0.242 e. The molecule has 0 aliphatic heterocycles. The van der Waals surface area contributed by atoms with Gasteiger partial charge >= 0.3 is 0 Å². The van der Waals surface area contributed by atoms with Gasteiger partial charge in [0, 0.05) is 25.6 Å². The molecule has 0 bridgehead atoms. The summed E-state index contributed by atoms with van der Waals surface area (Å²) in [7, 11) is -3.53. The summed E-state index contributed by atoms with van der Waals surface area (Å²) in [6, 6.07) is 12.8. The Labute approximate surface area is 210 Å². The number of aryl methyl sites for hydroxylation is 3. The first-order valence-corrected chi connectivity index (χ1v) is 13.8. The van der Waals surface area contributed by atoms with Gasteiger partial charge in [-0.15, -0.1) is 0 Å². The first-order chi connectivity index (χ1) is 16.3. The summed E-state index contributed by atoms with van der Waals surface area (Å²) < 4.78 is 26.5. The van der Waals surface area contributed by atoms with E-state index < -0.39 is 16.1 Å². The highest BCUT2D eigenvalue weighted by Crippen LogP contribution is 2.24. The van der Waals surface area contributed by atoms with Gasteiger partial charge in [-0.25, -0.2) is 8.42 Å². The molecule has 2 rings (SSSR count). The molecule has 0 aromatic heterocycles. The van der Waals surface area contributed by atoms with Crippen molar-refractivity contribution < 1.29 is 18.0 Å². The zero-order chi connectivity index (χ0) is 26.3. The van der Waals surface area contributed by atoms with E-state index in [4.69, 9.17) is 0 Å². The van der Waals surface area contributed by atoms with Crippen molar-refractivity contribution in [3.63, 3.8) is 0 Å². The van der Waals surface area contributed by atoms with E-state index in [1.165, 1.54) is 10.6 Å². The number of benzene rings is 2. The zero-order valence-corrected chi connectivity index (χ0v) is 22.8. The minimum Gasteiger partial charge on any atom is -0.352 e. The minimum atomic E-state index is -3.53. The summed E-state index contributed by atoms with van der Waals surface area (Å²) in [4.78, 5) is 27.6. The van der Waals surface area contributed by atoms with Crippen LogP contribution in [0.25, 0.3) is 0 Å². The predicted octanol–water partition coefficient (Wildman–Crippen LogP) is 4.10. The van der Waals surface area contributed by atoms with Gasteiger partial charge in [0.1, 0.15) is 6.04 Å². The molecular formula is C27H39N3O4S. The summed E-state index contributed by atoms with van der Waals surface area (Å²) in [5.41, 5.74) is 4.49. The minimum absolute atomic E-state index is 0.0397. The molecule has 2 aromatic carbocycles. The van der Waals surface area contributed by atoms with Crippen LogP contribution in [0, 0.1) is 20.8 Å². The third kappa shape index (κ3) is 8.38. The molecule has 35 heavy (non-hydrogen) atoms. The molecule has 0 fully saturated rings. The number of amides is 2. The van der Waals surface area contributed by atoms with E-state index in [0.717, 1.165) is 22.3 Å². The molecule has 7 nitrogen and oxygen atoms in total. The Hall–Kier alpha value is -2.87. The van der Waals surface area contributed by atoms with Gasteiger partial charge in [0.15, 0.2) is 0 Å². The first kappa shape index (κ1) is 28.4. The average molecular weight is 502 g/mol. The molecule has 192 valence electrons. The molecule has 2 aromatic rings. The SMILES string of the molecule is Cc1ccc(CN(C(=O)CCCN(c2cc(C)ccc2C)S(C)(=O)=O)C(C)C(=O)NC(C)C)cc1. The van der Waals surface area contributed by atoms with Crippen LogP contribution in [-0.4, -0.2) is 50.0 Å². The van der Waals surface area contributed by atoms with Crippen LogP contribution in [0.3, 0.4) is 0 Å². The highest BCUT2D eigenvalue weighted by atomic mass is 32.2. The summed E-state index contributed by atoms with van der Waals surface area (Å²) in [6.07, 6.45) is 1.64. The number of nitrogens with zero attached hydrogens (tertiary/aromatic N) is 2. The lowest BCUT2D eigenvalue weighted by atomic mass is 10.1. The number of carbonyl (C=O) groups is 2. The van der Waals surface area contributed by atoms with Crippen LogP contribution < -0.4 is 9.62 Å². The first-order valence-electron chi connectivity index (χ1n) is 12.0. The fourth-order valence-corrected chi connectivity index (χ4v) is 4.86. The lowest BCUT2D eigenvalue weighted by Gasteiger charge is -2.30. The number of hydrogen-bond acceptors (Lipinski definition) is 4. The highest BCUT2D eigenvalue weighted by molar-refractivity contribution is 7.92. The van der Waals surface area contributed by atoms with Gasteiger partial charge in [-0.05, 0) is 70.7 Å². The van der Waals surface area contributed by atoms with Gasteiger partial charge in [-0.1, -0.05) is 42.0 Å². The average Bonchev–Trinajstić information content (AvgIpc) is 2.76. The van der Waals surface area contributed by atoms with E-state index in [2.05, 4.69) is 5.32 Å². The van der Waals surface area contributed by atoms with Crippen molar-refractivity contribution in [1.82, 2.24) is 10.2 Å². The largest absolute Gasteiger partial charge is 0.352 e. The predicted molar refractivity (Wildman–Crippen MR) is 142 cm³/mol. The molecule has 8 heteroatoms. The fraction of sp³-hybridized carbons (Fsp3) is 0.481. The fourth-order valence-electron chi connectivity index (χ4n) is 3.85. The van der Waals surface area contributed by atoms with E-state index in [1.54, 1.807) is 11.8 Å². The third-order valence-electron chi connectivity index (χ3n) is 5.86. The summed E-state index contributed by atoms with van der Waals surface area (Å²) in [5, 5.41) is 2.88. The Bertz CT molecular complexity index is 1130. The Morgan fingerprint density at radius 2 is 1.54 bits per heavy atom. The van der Waals surface area contributed by atoms with Gasteiger partial charge in [-0.3, -0.25) is 13.9 Å². The topological polar surface area (TPSA) is 86.8 Å². The van der Waals surface area contributed by atoms with Gasteiger partial charge < -0.3 is 10.2 Å². The molecular weight excluding hydrogens is 462 g/mol. The van der Waals surface area contributed by atoms with E-state index in [9.17, 15) is 18.0 Å². The van der Waals surface area contributed by atoms with Crippen molar-refractivity contribution in [3.05, 3.63) is 64.7 Å². The van der Waals surface area contributed by atoms with Crippen LogP contribution in [0.2, 0.25) is 0 Å². The second-order valence-electron chi connectivity index (χ2n) is 9.58. The van der Waals surface area contributed by atoms with Crippen molar-refractivity contribution >= 4 is 27.5 Å². The number of sulfonamides is 1. The quantitative estimate of drug-likeness (QED) is 0.502. The van der Waals surface area contributed by atoms with Crippen molar-refractivity contribution in [1.29, 1.82) is 0 Å². The van der Waals surface area contributed by atoms with Crippen molar-refractivity contribution in [2.24, 2.45) is 0 Å². The van der Waals surface area contributed by atoms with Crippen LogP contribution in [0.5, 0.6) is 0 Å². The number of anilines is 1. The molecule has 1 atom stereocenters. The Morgan fingerprint density at radius 1 is 0.943 bits per heavy atom. The maximum absolute atomic E-state index is 13.3. The highest BCUT2D eigenvalue weighted by Gasteiger charge is 2.27. The Kier molecular flexibility index (Phi) is 9.89. The van der Waals surface area contributed by atoms with E-state index >= 15 is 0 Å². The van der Waals surface area contributed by atoms with Gasteiger partial charge in [0.2, 0.25) is 21.8 Å². The summed E-state index contributed by atoms with van der Waals surface area (Å²) in [6.45, 7) is 11.7. The van der Waals surface area contributed by atoms with Gasteiger partial charge in [0.05, 0.1) is 11.9 Å². The second kappa shape index (κ2) is 12.2. The van der Waals surface area contributed by atoms with Crippen LogP contribution >= 0.6 is 0 Å².